The van der Waals surface area contributed by atoms with Crippen LogP contribution in [0.5, 0.6) is 0 Å². The molecule has 0 radical (unpaired) electrons. The average Bonchev–Trinajstić information content (AvgIpc) is 2.92. The van der Waals surface area contributed by atoms with E-state index < -0.39 is 0 Å². The van der Waals surface area contributed by atoms with Gasteiger partial charge in [-0.1, -0.05) is 29.3 Å². The standard InChI is InChI=1S/C15H10Cl2N2O2/c1-21-15(20)10-3-5-14-18-13(8-19(14)7-10)9-2-4-11(16)12(17)6-9/h2-8H,1H3. The maximum Gasteiger partial charge on any atom is 0.339 e. The Morgan fingerprint density at radius 1 is 1.14 bits per heavy atom. The van der Waals surface area contributed by atoms with E-state index in [1.165, 1.54) is 7.11 Å². The number of nitrogens with zero attached hydrogens (tertiary/aromatic N) is 2. The van der Waals surface area contributed by atoms with Crippen molar-refractivity contribution in [2.45, 2.75) is 0 Å². The molecule has 0 atom stereocenters. The van der Waals surface area contributed by atoms with Crippen LogP contribution in [0.2, 0.25) is 10.0 Å². The van der Waals surface area contributed by atoms with Crippen LogP contribution in [0.3, 0.4) is 0 Å². The highest BCUT2D eigenvalue weighted by molar-refractivity contribution is 6.42. The highest BCUT2D eigenvalue weighted by atomic mass is 35.5. The molecule has 0 aliphatic carbocycles. The van der Waals surface area contributed by atoms with E-state index in [1.807, 2.05) is 12.3 Å². The largest absolute Gasteiger partial charge is 0.465 e. The average molecular weight is 321 g/mol. The van der Waals surface area contributed by atoms with Gasteiger partial charge in [0.2, 0.25) is 0 Å². The molecule has 3 rings (SSSR count). The summed E-state index contributed by atoms with van der Waals surface area (Å²) in [5.41, 5.74) is 2.79. The van der Waals surface area contributed by atoms with Crippen molar-refractivity contribution in [3.8, 4) is 11.3 Å². The summed E-state index contributed by atoms with van der Waals surface area (Å²) in [6, 6.07) is 8.76. The zero-order valence-corrected chi connectivity index (χ0v) is 12.5. The van der Waals surface area contributed by atoms with Crippen LogP contribution in [0, 0.1) is 0 Å². The number of ether oxygens (including phenoxy) is 1. The van der Waals surface area contributed by atoms with Gasteiger partial charge in [-0.3, -0.25) is 0 Å². The first-order chi connectivity index (χ1) is 10.1. The fourth-order valence-electron chi connectivity index (χ4n) is 2.02. The van der Waals surface area contributed by atoms with Gasteiger partial charge in [0.25, 0.3) is 0 Å². The third kappa shape index (κ3) is 2.60. The van der Waals surface area contributed by atoms with E-state index >= 15 is 0 Å². The van der Waals surface area contributed by atoms with Crippen molar-refractivity contribution in [3.05, 3.63) is 58.3 Å². The maximum atomic E-state index is 11.5. The maximum absolute atomic E-state index is 11.5. The van der Waals surface area contributed by atoms with Crippen molar-refractivity contribution >= 4 is 34.8 Å². The number of esters is 1. The molecule has 6 heteroatoms. The molecule has 0 unspecified atom stereocenters. The molecule has 0 saturated carbocycles. The number of halogens is 2. The number of benzene rings is 1. The SMILES string of the molecule is COC(=O)c1ccc2nc(-c3ccc(Cl)c(Cl)c3)cn2c1. The van der Waals surface area contributed by atoms with Gasteiger partial charge in [-0.25, -0.2) is 9.78 Å². The summed E-state index contributed by atoms with van der Waals surface area (Å²) in [5.74, 6) is -0.387. The van der Waals surface area contributed by atoms with Crippen molar-refractivity contribution < 1.29 is 9.53 Å². The quantitative estimate of drug-likeness (QED) is 0.668. The van der Waals surface area contributed by atoms with Gasteiger partial charge < -0.3 is 9.14 Å². The minimum absolute atomic E-state index is 0.387. The highest BCUT2D eigenvalue weighted by Gasteiger charge is 2.10. The van der Waals surface area contributed by atoms with Crippen LogP contribution in [-0.2, 0) is 4.74 Å². The summed E-state index contributed by atoms with van der Waals surface area (Å²) < 4.78 is 6.47. The van der Waals surface area contributed by atoms with E-state index in [0.717, 1.165) is 16.9 Å². The van der Waals surface area contributed by atoms with Crippen LogP contribution in [-0.4, -0.2) is 22.5 Å². The van der Waals surface area contributed by atoms with Gasteiger partial charge in [0.05, 0.1) is 28.4 Å². The minimum atomic E-state index is -0.387. The first kappa shape index (κ1) is 13.9. The third-order valence-electron chi connectivity index (χ3n) is 3.09. The fourth-order valence-corrected chi connectivity index (χ4v) is 2.32. The number of carbonyl (C=O) groups excluding carboxylic acids is 1. The minimum Gasteiger partial charge on any atom is -0.465 e. The van der Waals surface area contributed by atoms with Gasteiger partial charge in [0.1, 0.15) is 5.65 Å². The molecule has 0 aliphatic heterocycles. The smallest absolute Gasteiger partial charge is 0.339 e. The lowest BCUT2D eigenvalue weighted by Gasteiger charge is -1.99. The first-order valence-electron chi connectivity index (χ1n) is 6.11. The predicted octanol–water partition coefficient (Wildman–Crippen LogP) is 4.09. The molecule has 21 heavy (non-hydrogen) atoms. The molecule has 0 amide bonds. The molecule has 1 aromatic carbocycles. The first-order valence-corrected chi connectivity index (χ1v) is 6.86. The Morgan fingerprint density at radius 3 is 2.67 bits per heavy atom. The summed E-state index contributed by atoms with van der Waals surface area (Å²) in [6.45, 7) is 0. The topological polar surface area (TPSA) is 43.6 Å². The molecular weight excluding hydrogens is 311 g/mol. The van der Waals surface area contributed by atoms with Gasteiger partial charge >= 0.3 is 5.97 Å². The molecule has 3 aromatic rings. The van der Waals surface area contributed by atoms with Crippen molar-refractivity contribution in [3.63, 3.8) is 0 Å². The Kier molecular flexibility index (Phi) is 3.57. The molecule has 2 aromatic heterocycles. The molecule has 0 N–H and O–H groups in total. The number of carbonyl (C=O) groups is 1. The van der Waals surface area contributed by atoms with Gasteiger partial charge in [0, 0.05) is 18.0 Å². The second-order valence-corrected chi connectivity index (χ2v) is 5.24. The normalized spacial score (nSPS) is 10.8. The molecule has 106 valence electrons. The van der Waals surface area contributed by atoms with Gasteiger partial charge in [-0.15, -0.1) is 0 Å². The molecule has 0 bridgehead atoms. The highest BCUT2D eigenvalue weighted by Crippen LogP contribution is 2.28. The van der Waals surface area contributed by atoms with Crippen LogP contribution in [0.15, 0.2) is 42.7 Å². The summed E-state index contributed by atoms with van der Waals surface area (Å²) >= 11 is 11.9. The molecule has 0 aliphatic rings. The Labute approximate surface area is 130 Å². The van der Waals surface area contributed by atoms with E-state index in [0.29, 0.717) is 15.6 Å². The Morgan fingerprint density at radius 2 is 1.95 bits per heavy atom. The number of pyridine rings is 1. The van der Waals surface area contributed by atoms with E-state index in [-0.39, 0.29) is 5.97 Å². The number of hydrogen-bond donors (Lipinski definition) is 0. The van der Waals surface area contributed by atoms with Gasteiger partial charge in [-0.2, -0.15) is 0 Å². The lowest BCUT2D eigenvalue weighted by atomic mass is 10.2. The molecule has 0 fully saturated rings. The van der Waals surface area contributed by atoms with Crippen molar-refractivity contribution in [2.75, 3.05) is 7.11 Å². The number of fused-ring (bicyclic) bond motifs is 1. The van der Waals surface area contributed by atoms with E-state index in [2.05, 4.69) is 4.98 Å². The van der Waals surface area contributed by atoms with Crippen molar-refractivity contribution in [1.82, 2.24) is 9.38 Å². The van der Waals surface area contributed by atoms with Crippen LogP contribution in [0.25, 0.3) is 16.9 Å². The number of hydrogen-bond acceptors (Lipinski definition) is 3. The summed E-state index contributed by atoms with van der Waals surface area (Å²) in [7, 11) is 1.35. The summed E-state index contributed by atoms with van der Waals surface area (Å²) in [6.07, 6.45) is 3.50. The second-order valence-electron chi connectivity index (χ2n) is 4.43. The number of aromatic nitrogens is 2. The Balaban J connectivity index is 2.08. The molecule has 4 nitrogen and oxygen atoms in total. The molecule has 0 saturated heterocycles. The van der Waals surface area contributed by atoms with Crippen LogP contribution in [0.1, 0.15) is 10.4 Å². The van der Waals surface area contributed by atoms with Crippen molar-refractivity contribution in [1.29, 1.82) is 0 Å². The van der Waals surface area contributed by atoms with Crippen LogP contribution < -0.4 is 0 Å². The van der Waals surface area contributed by atoms with E-state index in [9.17, 15) is 4.79 Å². The van der Waals surface area contributed by atoms with Crippen LogP contribution >= 0.6 is 23.2 Å². The lowest BCUT2D eigenvalue weighted by Crippen LogP contribution is -2.02. The molecule has 2 heterocycles. The Hall–Kier alpha value is -2.04. The summed E-state index contributed by atoms with van der Waals surface area (Å²) in [5, 5.41) is 0.971. The van der Waals surface area contributed by atoms with Crippen molar-refractivity contribution in [2.24, 2.45) is 0 Å². The Bertz CT molecular complexity index is 843. The monoisotopic (exact) mass is 320 g/mol. The lowest BCUT2D eigenvalue weighted by molar-refractivity contribution is 0.0600. The van der Waals surface area contributed by atoms with Gasteiger partial charge in [-0.05, 0) is 24.3 Å². The molecule has 0 spiro atoms. The van der Waals surface area contributed by atoms with Gasteiger partial charge in [0.15, 0.2) is 0 Å². The number of imidazole rings is 1. The number of methoxy groups -OCH3 is 1. The zero-order valence-electron chi connectivity index (χ0n) is 11.0. The van der Waals surface area contributed by atoms with E-state index in [4.69, 9.17) is 27.9 Å². The molecular formula is C15H10Cl2N2O2. The number of rotatable bonds is 2. The predicted molar refractivity (Wildman–Crippen MR) is 82.0 cm³/mol. The fraction of sp³-hybridized carbons (Fsp3) is 0.0667. The van der Waals surface area contributed by atoms with Crippen LogP contribution in [0.4, 0.5) is 0 Å². The zero-order chi connectivity index (χ0) is 15.0. The summed E-state index contributed by atoms with van der Waals surface area (Å²) in [4.78, 5) is 16.0. The third-order valence-corrected chi connectivity index (χ3v) is 3.83. The second kappa shape index (κ2) is 5.39. The van der Waals surface area contributed by atoms with E-state index in [1.54, 1.807) is 34.9 Å².